The van der Waals surface area contributed by atoms with E-state index in [4.69, 9.17) is 0 Å². The van der Waals surface area contributed by atoms with Crippen LogP contribution in [0, 0.1) is 0 Å². The molecule has 1 fully saturated rings. The van der Waals surface area contributed by atoms with Crippen LogP contribution >= 0.6 is 0 Å². The predicted octanol–water partition coefficient (Wildman–Crippen LogP) is 1.69. The maximum atomic E-state index is 12.5. The van der Waals surface area contributed by atoms with Crippen LogP contribution in [0.15, 0.2) is 30.5 Å². The van der Waals surface area contributed by atoms with Gasteiger partial charge in [0.05, 0.1) is 23.1 Å². The van der Waals surface area contributed by atoms with Crippen molar-refractivity contribution in [1.29, 1.82) is 0 Å². The zero-order valence-corrected chi connectivity index (χ0v) is 11.8. The number of halogens is 3. The summed E-state index contributed by atoms with van der Waals surface area (Å²) in [6.07, 6.45) is -2.57. The topological polar surface area (TPSA) is 46.0 Å². The Morgan fingerprint density at radius 1 is 1.09 bits per heavy atom. The van der Waals surface area contributed by atoms with Crippen molar-refractivity contribution in [1.82, 2.24) is 25.2 Å². The summed E-state index contributed by atoms with van der Waals surface area (Å²) in [5.74, 6) is 0. The van der Waals surface area contributed by atoms with E-state index in [1.807, 2.05) is 0 Å². The van der Waals surface area contributed by atoms with Gasteiger partial charge in [-0.05, 0) is 24.3 Å². The lowest BCUT2D eigenvalue weighted by Crippen LogP contribution is -2.42. The van der Waals surface area contributed by atoms with Gasteiger partial charge < -0.3 is 5.32 Å². The summed E-state index contributed by atoms with van der Waals surface area (Å²) in [5.41, 5.74) is 0.700. The molecule has 22 heavy (non-hydrogen) atoms. The molecule has 1 aromatic heterocycles. The van der Waals surface area contributed by atoms with Gasteiger partial charge in [0.1, 0.15) is 0 Å². The maximum absolute atomic E-state index is 12.5. The number of hydrogen-bond acceptors (Lipinski definition) is 4. The smallest absolute Gasteiger partial charge is 0.314 e. The second-order valence-corrected chi connectivity index (χ2v) is 5.23. The first kappa shape index (κ1) is 15.0. The van der Waals surface area contributed by atoms with Gasteiger partial charge in [0.15, 0.2) is 0 Å². The van der Waals surface area contributed by atoms with Crippen molar-refractivity contribution in [3.05, 3.63) is 41.7 Å². The monoisotopic (exact) mass is 311 g/mol. The molecule has 0 aliphatic carbocycles. The van der Waals surface area contributed by atoms with Crippen molar-refractivity contribution in [2.75, 3.05) is 26.2 Å². The van der Waals surface area contributed by atoms with Crippen molar-refractivity contribution < 1.29 is 13.2 Å². The number of alkyl halides is 3. The summed E-state index contributed by atoms with van der Waals surface area (Å²) >= 11 is 0. The summed E-state index contributed by atoms with van der Waals surface area (Å²) in [4.78, 5) is 2.26. The van der Waals surface area contributed by atoms with Crippen LogP contribution in [0.3, 0.4) is 0 Å². The molecule has 118 valence electrons. The standard InChI is InChI=1S/C14H16F3N5/c15-14(16,17)11-1-3-13(4-2-11)22-10-12(19-20-22)9-21-7-5-18-6-8-21/h1-4,10,18H,5-9H2. The third-order valence-corrected chi connectivity index (χ3v) is 3.60. The van der Waals surface area contributed by atoms with Gasteiger partial charge in [0, 0.05) is 32.7 Å². The fraction of sp³-hybridized carbons (Fsp3) is 0.429. The summed E-state index contributed by atoms with van der Waals surface area (Å²) in [7, 11) is 0. The van der Waals surface area contributed by atoms with E-state index in [1.165, 1.54) is 16.8 Å². The lowest BCUT2D eigenvalue weighted by Gasteiger charge is -2.25. The SMILES string of the molecule is FC(F)(F)c1ccc(-n2cc(CN3CCNCC3)nn2)cc1. The third kappa shape index (κ3) is 3.45. The Morgan fingerprint density at radius 2 is 1.77 bits per heavy atom. The van der Waals surface area contributed by atoms with Gasteiger partial charge in [0.2, 0.25) is 0 Å². The quantitative estimate of drug-likeness (QED) is 0.937. The lowest BCUT2D eigenvalue weighted by molar-refractivity contribution is -0.137. The van der Waals surface area contributed by atoms with Crippen molar-refractivity contribution >= 4 is 0 Å². The Hall–Kier alpha value is -1.93. The molecule has 1 N–H and O–H groups in total. The molecule has 1 aromatic carbocycles. The molecule has 0 unspecified atom stereocenters. The van der Waals surface area contributed by atoms with Crippen molar-refractivity contribution in [2.24, 2.45) is 0 Å². The largest absolute Gasteiger partial charge is 0.416 e. The number of aromatic nitrogens is 3. The molecular weight excluding hydrogens is 295 g/mol. The molecule has 0 radical (unpaired) electrons. The molecule has 0 atom stereocenters. The number of benzene rings is 1. The molecule has 0 saturated carbocycles. The van der Waals surface area contributed by atoms with Gasteiger partial charge in [-0.2, -0.15) is 13.2 Å². The number of nitrogens with zero attached hydrogens (tertiary/aromatic N) is 4. The molecule has 3 rings (SSSR count). The minimum atomic E-state index is -4.33. The molecule has 2 heterocycles. The minimum absolute atomic E-state index is 0.562. The molecule has 5 nitrogen and oxygen atoms in total. The molecule has 0 amide bonds. The van der Waals surface area contributed by atoms with E-state index < -0.39 is 11.7 Å². The number of piperazine rings is 1. The van der Waals surface area contributed by atoms with E-state index in [2.05, 4.69) is 20.5 Å². The first-order valence-electron chi connectivity index (χ1n) is 7.04. The van der Waals surface area contributed by atoms with E-state index in [-0.39, 0.29) is 0 Å². The Bertz CT molecular complexity index is 614. The van der Waals surface area contributed by atoms with Gasteiger partial charge in [-0.1, -0.05) is 5.21 Å². The second-order valence-electron chi connectivity index (χ2n) is 5.23. The normalized spacial score (nSPS) is 16.9. The van der Waals surface area contributed by atoms with E-state index in [9.17, 15) is 13.2 Å². The third-order valence-electron chi connectivity index (χ3n) is 3.60. The Balaban J connectivity index is 1.70. The number of hydrogen-bond donors (Lipinski definition) is 1. The first-order chi connectivity index (χ1) is 10.5. The molecule has 1 aliphatic rings. The number of nitrogens with one attached hydrogen (secondary N) is 1. The summed E-state index contributed by atoms with van der Waals surface area (Å²) < 4.78 is 39.1. The van der Waals surface area contributed by atoms with Gasteiger partial charge in [0.25, 0.3) is 0 Å². The summed E-state index contributed by atoms with van der Waals surface area (Å²) in [5, 5.41) is 11.3. The van der Waals surface area contributed by atoms with Crippen LogP contribution in [0.4, 0.5) is 13.2 Å². The van der Waals surface area contributed by atoms with E-state index in [1.54, 1.807) is 6.20 Å². The van der Waals surface area contributed by atoms with Crippen molar-refractivity contribution in [2.45, 2.75) is 12.7 Å². The highest BCUT2D eigenvalue weighted by Crippen LogP contribution is 2.29. The van der Waals surface area contributed by atoms with Crippen LogP contribution < -0.4 is 5.32 Å². The second kappa shape index (κ2) is 6.05. The fourth-order valence-electron chi connectivity index (χ4n) is 2.40. The zero-order valence-electron chi connectivity index (χ0n) is 11.8. The van der Waals surface area contributed by atoms with Crippen molar-refractivity contribution in [3.63, 3.8) is 0 Å². The molecule has 1 saturated heterocycles. The molecule has 0 spiro atoms. The van der Waals surface area contributed by atoms with Crippen LogP contribution in [0.25, 0.3) is 5.69 Å². The van der Waals surface area contributed by atoms with E-state index in [0.29, 0.717) is 12.2 Å². The Kier molecular flexibility index (Phi) is 4.12. The molecule has 2 aromatic rings. The summed E-state index contributed by atoms with van der Waals surface area (Å²) in [6, 6.07) is 4.89. The highest BCUT2D eigenvalue weighted by molar-refractivity contribution is 5.34. The molecule has 8 heteroatoms. The van der Waals surface area contributed by atoms with Crippen LogP contribution in [0.2, 0.25) is 0 Å². The van der Waals surface area contributed by atoms with Gasteiger partial charge in [-0.3, -0.25) is 4.90 Å². The van der Waals surface area contributed by atoms with Crippen LogP contribution in [-0.4, -0.2) is 46.1 Å². The molecule has 0 bridgehead atoms. The van der Waals surface area contributed by atoms with Gasteiger partial charge in [-0.25, -0.2) is 4.68 Å². The van der Waals surface area contributed by atoms with E-state index in [0.717, 1.165) is 44.0 Å². The zero-order chi connectivity index (χ0) is 15.6. The fourth-order valence-corrected chi connectivity index (χ4v) is 2.40. The maximum Gasteiger partial charge on any atom is 0.416 e. The Labute approximate surface area is 125 Å². The van der Waals surface area contributed by atoms with Crippen LogP contribution in [-0.2, 0) is 12.7 Å². The minimum Gasteiger partial charge on any atom is -0.314 e. The molecule has 1 aliphatic heterocycles. The van der Waals surface area contributed by atoms with Crippen LogP contribution in [0.1, 0.15) is 11.3 Å². The average molecular weight is 311 g/mol. The first-order valence-corrected chi connectivity index (χ1v) is 7.04. The Morgan fingerprint density at radius 3 is 2.41 bits per heavy atom. The van der Waals surface area contributed by atoms with Gasteiger partial charge >= 0.3 is 6.18 Å². The van der Waals surface area contributed by atoms with E-state index >= 15 is 0 Å². The summed E-state index contributed by atoms with van der Waals surface area (Å²) in [6.45, 7) is 4.50. The predicted molar refractivity (Wildman–Crippen MR) is 74.5 cm³/mol. The highest BCUT2D eigenvalue weighted by Gasteiger charge is 2.30. The highest BCUT2D eigenvalue weighted by atomic mass is 19.4. The average Bonchev–Trinajstić information content (AvgIpc) is 2.96. The van der Waals surface area contributed by atoms with Gasteiger partial charge in [-0.15, -0.1) is 5.10 Å². The van der Waals surface area contributed by atoms with Crippen molar-refractivity contribution in [3.8, 4) is 5.69 Å². The van der Waals surface area contributed by atoms with Crippen LogP contribution in [0.5, 0.6) is 0 Å². The molecular formula is C14H16F3N5. The lowest BCUT2D eigenvalue weighted by atomic mass is 10.2. The number of rotatable bonds is 3.